The van der Waals surface area contributed by atoms with Gasteiger partial charge in [-0.2, -0.15) is 15.0 Å². The molecule has 5 nitrogen and oxygen atoms in total. The summed E-state index contributed by atoms with van der Waals surface area (Å²) >= 11 is 5.88. The molecule has 1 N–H and O–H groups in total. The fourth-order valence-electron chi connectivity index (χ4n) is 2.06. The third-order valence-corrected chi connectivity index (χ3v) is 3.46. The molecule has 1 aliphatic rings. The van der Waals surface area contributed by atoms with Gasteiger partial charge in [0.25, 0.3) is 0 Å². The van der Waals surface area contributed by atoms with Gasteiger partial charge in [-0.25, -0.2) is 0 Å². The van der Waals surface area contributed by atoms with Gasteiger partial charge in [0.2, 0.25) is 11.2 Å². The lowest BCUT2D eigenvalue weighted by atomic mass is 9.75. The summed E-state index contributed by atoms with van der Waals surface area (Å²) in [4.78, 5) is 12.3. The minimum atomic E-state index is 0.0140. The molecular formula is C12H19ClN4O. The standard InChI is InChI=1S/C12H19ClN4O/c1-4-12(6-5-7-12)17-10-14-9(13)15-11(16-10)18-8(2)3/h8H,4-7H2,1-3H3,(H,14,15,16,17). The Bertz CT molecular complexity index is 415. The lowest BCUT2D eigenvalue weighted by Gasteiger charge is -2.41. The Kier molecular flexibility index (Phi) is 3.90. The molecule has 1 aromatic rings. The van der Waals surface area contributed by atoms with Crippen LogP contribution in [0.25, 0.3) is 0 Å². The lowest BCUT2D eigenvalue weighted by molar-refractivity contribution is 0.221. The smallest absolute Gasteiger partial charge is 0.322 e. The van der Waals surface area contributed by atoms with Crippen LogP contribution >= 0.6 is 11.6 Å². The van der Waals surface area contributed by atoms with Crippen molar-refractivity contribution in [2.24, 2.45) is 0 Å². The van der Waals surface area contributed by atoms with E-state index >= 15 is 0 Å². The van der Waals surface area contributed by atoms with Gasteiger partial charge in [0.1, 0.15) is 0 Å². The van der Waals surface area contributed by atoms with E-state index in [1.807, 2.05) is 13.8 Å². The van der Waals surface area contributed by atoms with Gasteiger partial charge in [-0.1, -0.05) is 6.92 Å². The van der Waals surface area contributed by atoms with Crippen LogP contribution in [0.4, 0.5) is 5.95 Å². The fourth-order valence-corrected chi connectivity index (χ4v) is 2.21. The third-order valence-electron chi connectivity index (χ3n) is 3.29. The quantitative estimate of drug-likeness (QED) is 0.891. The zero-order valence-electron chi connectivity index (χ0n) is 11.0. The molecule has 0 unspecified atom stereocenters. The number of anilines is 1. The number of nitrogens with zero attached hydrogens (tertiary/aromatic N) is 3. The third kappa shape index (κ3) is 3.02. The molecule has 1 heterocycles. The molecule has 1 aromatic heterocycles. The highest BCUT2D eigenvalue weighted by Gasteiger charge is 2.35. The summed E-state index contributed by atoms with van der Waals surface area (Å²) in [6, 6.07) is 0.276. The van der Waals surface area contributed by atoms with Crippen LogP contribution in [0.2, 0.25) is 5.28 Å². The number of halogens is 1. The van der Waals surface area contributed by atoms with E-state index in [0.717, 1.165) is 19.3 Å². The molecule has 18 heavy (non-hydrogen) atoms. The maximum Gasteiger partial charge on any atom is 0.322 e. The Morgan fingerprint density at radius 1 is 1.33 bits per heavy atom. The molecule has 0 aromatic carbocycles. The van der Waals surface area contributed by atoms with Crippen LogP contribution in [0.15, 0.2) is 0 Å². The fraction of sp³-hybridized carbons (Fsp3) is 0.750. The van der Waals surface area contributed by atoms with Gasteiger partial charge in [-0.3, -0.25) is 0 Å². The molecule has 0 saturated heterocycles. The van der Waals surface area contributed by atoms with Crippen molar-refractivity contribution in [3.63, 3.8) is 0 Å². The second-order valence-corrected chi connectivity index (χ2v) is 5.33. The Morgan fingerprint density at radius 2 is 2.06 bits per heavy atom. The summed E-state index contributed by atoms with van der Waals surface area (Å²) in [6.45, 7) is 6.01. The molecule has 2 rings (SSSR count). The molecule has 1 saturated carbocycles. The van der Waals surface area contributed by atoms with Crippen molar-refractivity contribution in [1.82, 2.24) is 15.0 Å². The number of hydrogen-bond donors (Lipinski definition) is 1. The minimum Gasteiger partial charge on any atom is -0.461 e. The van der Waals surface area contributed by atoms with Crippen molar-refractivity contribution in [3.05, 3.63) is 5.28 Å². The summed E-state index contributed by atoms with van der Waals surface area (Å²) in [5.74, 6) is 0.507. The first kappa shape index (κ1) is 13.3. The number of ether oxygens (including phenoxy) is 1. The van der Waals surface area contributed by atoms with E-state index in [4.69, 9.17) is 16.3 Å². The van der Waals surface area contributed by atoms with Crippen molar-refractivity contribution in [3.8, 4) is 6.01 Å². The highest BCUT2D eigenvalue weighted by atomic mass is 35.5. The monoisotopic (exact) mass is 270 g/mol. The summed E-state index contributed by atoms with van der Waals surface area (Å²) in [5, 5.41) is 3.53. The molecule has 0 spiro atoms. The number of hydrogen-bond acceptors (Lipinski definition) is 5. The molecule has 1 aliphatic carbocycles. The van der Waals surface area contributed by atoms with Crippen LogP contribution in [0.3, 0.4) is 0 Å². The second kappa shape index (κ2) is 5.26. The molecule has 0 radical (unpaired) electrons. The van der Waals surface area contributed by atoms with Crippen molar-refractivity contribution >= 4 is 17.5 Å². The zero-order chi connectivity index (χ0) is 13.2. The Labute approximate surface area is 112 Å². The van der Waals surface area contributed by atoms with E-state index in [1.54, 1.807) is 0 Å². The van der Waals surface area contributed by atoms with E-state index in [0.29, 0.717) is 5.95 Å². The van der Waals surface area contributed by atoms with E-state index in [9.17, 15) is 0 Å². The van der Waals surface area contributed by atoms with Gasteiger partial charge in [0, 0.05) is 5.54 Å². The summed E-state index contributed by atoms with van der Waals surface area (Å²) < 4.78 is 5.45. The molecule has 100 valence electrons. The summed E-state index contributed by atoms with van der Waals surface area (Å²) in [6.07, 6.45) is 4.60. The van der Waals surface area contributed by atoms with Gasteiger partial charge in [-0.15, -0.1) is 0 Å². The number of aromatic nitrogens is 3. The zero-order valence-corrected chi connectivity index (χ0v) is 11.8. The van der Waals surface area contributed by atoms with Crippen LogP contribution in [0.1, 0.15) is 46.5 Å². The highest BCUT2D eigenvalue weighted by molar-refractivity contribution is 6.28. The summed E-state index contributed by atoms with van der Waals surface area (Å²) in [7, 11) is 0. The van der Waals surface area contributed by atoms with Crippen molar-refractivity contribution in [1.29, 1.82) is 0 Å². The topological polar surface area (TPSA) is 59.9 Å². The van der Waals surface area contributed by atoms with Gasteiger partial charge >= 0.3 is 6.01 Å². The van der Waals surface area contributed by atoms with Crippen LogP contribution in [0.5, 0.6) is 6.01 Å². The lowest BCUT2D eigenvalue weighted by Crippen LogP contribution is -2.44. The average molecular weight is 271 g/mol. The van der Waals surface area contributed by atoms with Crippen LogP contribution in [-0.4, -0.2) is 26.6 Å². The normalized spacial score (nSPS) is 17.4. The minimum absolute atomic E-state index is 0.0140. The van der Waals surface area contributed by atoms with E-state index in [2.05, 4.69) is 27.2 Å². The Hall–Kier alpha value is -1.10. The molecule has 0 atom stereocenters. The van der Waals surface area contributed by atoms with Crippen LogP contribution in [-0.2, 0) is 0 Å². The first-order chi connectivity index (χ1) is 8.53. The van der Waals surface area contributed by atoms with Gasteiger partial charge in [-0.05, 0) is 51.1 Å². The predicted octanol–water partition coefficient (Wildman–Crippen LogP) is 3.06. The Morgan fingerprint density at radius 3 is 2.56 bits per heavy atom. The Balaban J connectivity index is 2.14. The molecule has 6 heteroatoms. The highest BCUT2D eigenvalue weighted by Crippen LogP contribution is 2.37. The SMILES string of the molecule is CCC1(Nc2nc(Cl)nc(OC(C)C)n2)CCC1. The van der Waals surface area contributed by atoms with Crippen molar-refractivity contribution in [2.75, 3.05) is 5.32 Å². The van der Waals surface area contributed by atoms with E-state index < -0.39 is 0 Å². The maximum absolute atomic E-state index is 5.88. The first-order valence-electron chi connectivity index (χ1n) is 6.39. The molecule has 0 amide bonds. The van der Waals surface area contributed by atoms with Crippen molar-refractivity contribution in [2.45, 2.75) is 58.1 Å². The van der Waals surface area contributed by atoms with Gasteiger partial charge in [0.15, 0.2) is 0 Å². The molecular weight excluding hydrogens is 252 g/mol. The first-order valence-corrected chi connectivity index (χ1v) is 6.77. The number of rotatable bonds is 5. The van der Waals surface area contributed by atoms with Crippen molar-refractivity contribution < 1.29 is 4.74 Å². The van der Waals surface area contributed by atoms with Gasteiger partial charge < -0.3 is 10.1 Å². The van der Waals surface area contributed by atoms with Crippen LogP contribution < -0.4 is 10.1 Å². The average Bonchev–Trinajstić information content (AvgIpc) is 2.21. The van der Waals surface area contributed by atoms with E-state index in [-0.39, 0.29) is 22.9 Å². The largest absolute Gasteiger partial charge is 0.461 e. The number of nitrogens with one attached hydrogen (secondary N) is 1. The van der Waals surface area contributed by atoms with E-state index in [1.165, 1.54) is 6.42 Å². The molecule has 1 fully saturated rings. The molecule has 0 bridgehead atoms. The maximum atomic E-state index is 5.88. The van der Waals surface area contributed by atoms with Crippen LogP contribution in [0, 0.1) is 0 Å². The molecule has 0 aliphatic heterocycles. The second-order valence-electron chi connectivity index (χ2n) is 4.99. The predicted molar refractivity (Wildman–Crippen MR) is 71.1 cm³/mol. The van der Waals surface area contributed by atoms with Gasteiger partial charge in [0.05, 0.1) is 6.10 Å². The summed E-state index contributed by atoms with van der Waals surface area (Å²) in [5.41, 5.74) is 0.125.